The van der Waals surface area contributed by atoms with E-state index < -0.39 is 5.97 Å². The fourth-order valence-electron chi connectivity index (χ4n) is 2.79. The van der Waals surface area contributed by atoms with Gasteiger partial charge in [-0.05, 0) is 82.5 Å². The molecule has 1 N–H and O–H groups in total. The average molecular weight is 511 g/mol. The lowest BCUT2D eigenvalue weighted by atomic mass is 10.2. The van der Waals surface area contributed by atoms with Crippen LogP contribution in [-0.4, -0.2) is 31.8 Å². The molecule has 0 bridgehead atoms. The van der Waals surface area contributed by atoms with Gasteiger partial charge in [-0.1, -0.05) is 19.1 Å². The van der Waals surface area contributed by atoms with E-state index in [9.17, 15) is 9.59 Å². The van der Waals surface area contributed by atoms with E-state index in [0.29, 0.717) is 39.3 Å². The van der Waals surface area contributed by atoms with E-state index in [1.54, 1.807) is 60.7 Å². The Balaban J connectivity index is 1.64. The zero-order valence-electron chi connectivity index (χ0n) is 18.2. The van der Waals surface area contributed by atoms with Crippen LogP contribution in [-0.2, 0) is 0 Å². The predicted molar refractivity (Wildman–Crippen MR) is 129 cm³/mol. The molecule has 0 aliphatic heterocycles. The third-order valence-corrected chi connectivity index (χ3v) is 5.14. The van der Waals surface area contributed by atoms with Crippen LogP contribution in [0.5, 0.6) is 17.2 Å². The van der Waals surface area contributed by atoms with Crippen LogP contribution < -0.4 is 19.6 Å². The molecule has 1 amide bonds. The average Bonchev–Trinajstić information content (AvgIpc) is 2.84. The molecular formula is C25H23BrN2O5. The largest absolute Gasteiger partial charge is 0.494 e. The van der Waals surface area contributed by atoms with Gasteiger partial charge in [-0.3, -0.25) is 4.79 Å². The number of carbonyl (C=O) groups is 2. The monoisotopic (exact) mass is 510 g/mol. The molecule has 0 atom stereocenters. The smallest absolute Gasteiger partial charge is 0.343 e. The summed E-state index contributed by atoms with van der Waals surface area (Å²) in [5.41, 5.74) is 3.99. The number of nitrogens with one attached hydrogen (secondary N) is 1. The molecule has 0 heterocycles. The van der Waals surface area contributed by atoms with Gasteiger partial charge >= 0.3 is 5.97 Å². The van der Waals surface area contributed by atoms with Crippen LogP contribution in [0, 0.1) is 0 Å². The molecule has 0 aliphatic carbocycles. The lowest BCUT2D eigenvalue weighted by Crippen LogP contribution is -2.18. The molecule has 33 heavy (non-hydrogen) atoms. The first-order chi connectivity index (χ1) is 16.0. The summed E-state index contributed by atoms with van der Waals surface area (Å²) in [6.45, 7) is 2.64. The highest BCUT2D eigenvalue weighted by Crippen LogP contribution is 2.28. The van der Waals surface area contributed by atoms with Crippen molar-refractivity contribution >= 4 is 34.0 Å². The molecule has 7 nitrogen and oxygen atoms in total. The van der Waals surface area contributed by atoms with Gasteiger partial charge < -0.3 is 14.2 Å². The maximum absolute atomic E-state index is 12.5. The number of methoxy groups -OCH3 is 1. The van der Waals surface area contributed by atoms with E-state index in [4.69, 9.17) is 14.2 Å². The van der Waals surface area contributed by atoms with Crippen LogP contribution in [0.1, 0.15) is 39.6 Å². The van der Waals surface area contributed by atoms with Crippen LogP contribution in [0.15, 0.2) is 76.3 Å². The number of carbonyl (C=O) groups excluding carboxylic acids is 2. The third-order valence-electron chi connectivity index (χ3n) is 4.45. The van der Waals surface area contributed by atoms with Gasteiger partial charge in [-0.15, -0.1) is 0 Å². The number of hydrazone groups is 1. The Morgan fingerprint density at radius 3 is 2.48 bits per heavy atom. The lowest BCUT2D eigenvalue weighted by Gasteiger charge is -2.10. The molecule has 8 heteroatoms. The Kier molecular flexibility index (Phi) is 8.60. The first kappa shape index (κ1) is 24.0. The van der Waals surface area contributed by atoms with E-state index >= 15 is 0 Å². The van der Waals surface area contributed by atoms with Crippen molar-refractivity contribution in [3.8, 4) is 17.2 Å². The van der Waals surface area contributed by atoms with Gasteiger partial charge in [0, 0.05) is 4.47 Å². The molecule has 170 valence electrons. The standard InChI is InChI=1S/C25H23BrN2O5/c1-3-14-32-19-11-9-18(10-12-19)25(30)33-22-13-8-17(15-23(22)31-2)16-27-28-24(29)20-6-4-5-7-21(20)26/h4-13,15-16H,3,14H2,1-2H3,(H,28,29)/b27-16-. The van der Waals surface area contributed by atoms with Crippen molar-refractivity contribution in [2.75, 3.05) is 13.7 Å². The van der Waals surface area contributed by atoms with Gasteiger partial charge in [-0.25, -0.2) is 10.2 Å². The second-order valence-corrected chi connectivity index (χ2v) is 7.71. The Morgan fingerprint density at radius 1 is 1.03 bits per heavy atom. The molecule has 0 aromatic heterocycles. The number of benzene rings is 3. The summed E-state index contributed by atoms with van der Waals surface area (Å²) >= 11 is 3.33. The predicted octanol–water partition coefficient (Wildman–Crippen LogP) is 5.23. The Morgan fingerprint density at radius 2 is 1.79 bits per heavy atom. The minimum atomic E-state index is -0.516. The molecule has 0 radical (unpaired) electrons. The highest BCUT2D eigenvalue weighted by molar-refractivity contribution is 9.10. The topological polar surface area (TPSA) is 86.2 Å². The summed E-state index contributed by atoms with van der Waals surface area (Å²) in [4.78, 5) is 24.7. The minimum absolute atomic E-state index is 0.267. The van der Waals surface area contributed by atoms with Crippen molar-refractivity contribution in [3.05, 3.63) is 87.9 Å². The molecular weight excluding hydrogens is 488 g/mol. The molecule has 0 unspecified atom stereocenters. The number of nitrogens with zero attached hydrogens (tertiary/aromatic N) is 1. The zero-order chi connectivity index (χ0) is 23.6. The number of hydrogen-bond donors (Lipinski definition) is 1. The molecule has 0 spiro atoms. The number of hydrogen-bond acceptors (Lipinski definition) is 6. The zero-order valence-corrected chi connectivity index (χ0v) is 19.8. The second-order valence-electron chi connectivity index (χ2n) is 6.85. The number of ether oxygens (including phenoxy) is 3. The van der Waals surface area contributed by atoms with Crippen LogP contribution in [0.2, 0.25) is 0 Å². The van der Waals surface area contributed by atoms with Crippen molar-refractivity contribution in [2.24, 2.45) is 5.10 Å². The Bertz CT molecular complexity index is 1150. The first-order valence-electron chi connectivity index (χ1n) is 10.2. The summed E-state index contributed by atoms with van der Waals surface area (Å²) in [6.07, 6.45) is 2.37. The minimum Gasteiger partial charge on any atom is -0.494 e. The highest BCUT2D eigenvalue weighted by atomic mass is 79.9. The second kappa shape index (κ2) is 11.8. The van der Waals surface area contributed by atoms with E-state index in [1.807, 2.05) is 13.0 Å². The van der Waals surface area contributed by atoms with Gasteiger partial charge in [0.15, 0.2) is 11.5 Å². The van der Waals surface area contributed by atoms with Gasteiger partial charge in [0.2, 0.25) is 0 Å². The first-order valence-corrected chi connectivity index (χ1v) is 11.0. The van der Waals surface area contributed by atoms with Crippen molar-refractivity contribution in [1.29, 1.82) is 0 Å². The van der Waals surface area contributed by atoms with Crippen molar-refractivity contribution in [3.63, 3.8) is 0 Å². The summed E-state index contributed by atoms with van der Waals surface area (Å²) < 4.78 is 17.0. The third kappa shape index (κ3) is 6.66. The number of esters is 1. The van der Waals surface area contributed by atoms with Crippen molar-refractivity contribution in [2.45, 2.75) is 13.3 Å². The Hall–Kier alpha value is -3.65. The fourth-order valence-corrected chi connectivity index (χ4v) is 3.25. The van der Waals surface area contributed by atoms with Gasteiger partial charge in [-0.2, -0.15) is 5.10 Å². The van der Waals surface area contributed by atoms with Crippen LogP contribution in [0.25, 0.3) is 0 Å². The summed E-state index contributed by atoms with van der Waals surface area (Å²) in [7, 11) is 1.47. The summed E-state index contributed by atoms with van der Waals surface area (Å²) in [6, 6.07) is 18.8. The number of rotatable bonds is 9. The molecule has 3 aromatic rings. The van der Waals surface area contributed by atoms with E-state index in [2.05, 4.69) is 26.5 Å². The van der Waals surface area contributed by atoms with Gasteiger partial charge in [0.05, 0.1) is 31.1 Å². The lowest BCUT2D eigenvalue weighted by molar-refractivity contribution is 0.0729. The molecule has 0 aliphatic rings. The fraction of sp³-hybridized carbons (Fsp3) is 0.160. The normalized spacial score (nSPS) is 10.6. The maximum atomic E-state index is 12.5. The van der Waals surface area contributed by atoms with Crippen LogP contribution in [0.3, 0.4) is 0 Å². The molecule has 0 saturated heterocycles. The number of amides is 1. The molecule has 0 fully saturated rings. The molecule has 0 saturated carbocycles. The van der Waals surface area contributed by atoms with Crippen molar-refractivity contribution in [1.82, 2.24) is 5.43 Å². The molecule has 3 rings (SSSR count). The Labute approximate surface area is 200 Å². The van der Waals surface area contributed by atoms with Crippen molar-refractivity contribution < 1.29 is 23.8 Å². The van der Waals surface area contributed by atoms with E-state index in [-0.39, 0.29) is 11.7 Å². The molecule has 3 aromatic carbocycles. The SMILES string of the molecule is CCCOc1ccc(C(=O)Oc2ccc(/C=N\NC(=O)c3ccccc3Br)cc2OC)cc1. The van der Waals surface area contributed by atoms with E-state index in [1.165, 1.54) is 13.3 Å². The summed E-state index contributed by atoms with van der Waals surface area (Å²) in [5, 5.41) is 3.98. The quantitative estimate of drug-likeness (QED) is 0.184. The summed E-state index contributed by atoms with van der Waals surface area (Å²) in [5.74, 6) is 0.455. The maximum Gasteiger partial charge on any atom is 0.343 e. The van der Waals surface area contributed by atoms with Gasteiger partial charge in [0.25, 0.3) is 5.91 Å². The van der Waals surface area contributed by atoms with Crippen LogP contribution in [0.4, 0.5) is 0 Å². The highest BCUT2D eigenvalue weighted by Gasteiger charge is 2.13. The van der Waals surface area contributed by atoms with Crippen LogP contribution >= 0.6 is 15.9 Å². The van der Waals surface area contributed by atoms with E-state index in [0.717, 1.165) is 6.42 Å². The number of halogens is 1. The van der Waals surface area contributed by atoms with Gasteiger partial charge in [0.1, 0.15) is 5.75 Å².